The summed E-state index contributed by atoms with van der Waals surface area (Å²) >= 11 is 0. The van der Waals surface area contributed by atoms with E-state index in [0.717, 1.165) is 0 Å². The molecular formula is C12H34O7Si4. The molecule has 11 heteroatoms. The van der Waals surface area contributed by atoms with E-state index in [1.807, 2.05) is 0 Å². The van der Waals surface area contributed by atoms with Crippen molar-refractivity contribution < 1.29 is 32.5 Å². The molecular weight excluding hydrogens is 368 g/mol. The Bertz CT molecular complexity index is 304. The summed E-state index contributed by atoms with van der Waals surface area (Å²) in [5, 5.41) is 0. The van der Waals surface area contributed by atoms with Gasteiger partial charge in [-0.15, -0.1) is 0 Å². The average Bonchev–Trinajstić information content (AvgIpc) is 2.49. The Morgan fingerprint density at radius 3 is 1.00 bits per heavy atom. The second-order valence-electron chi connectivity index (χ2n) is 6.61. The van der Waals surface area contributed by atoms with Gasteiger partial charge in [0.15, 0.2) is 33.7 Å². The van der Waals surface area contributed by atoms with Crippen LogP contribution in [0, 0.1) is 0 Å². The van der Waals surface area contributed by atoms with Crippen LogP contribution in [0.3, 0.4) is 0 Å². The summed E-state index contributed by atoms with van der Waals surface area (Å²) in [5.41, 5.74) is -1.98. The first-order valence-electron chi connectivity index (χ1n) is 7.50. The molecule has 0 amide bonds. The van der Waals surface area contributed by atoms with Crippen LogP contribution in [0.4, 0.5) is 0 Å². The second kappa shape index (κ2) is 9.33. The first kappa shape index (κ1) is 23.6. The maximum atomic E-state index is 6.67. The first-order valence-corrected chi connectivity index (χ1v) is 19.4. The SMILES string of the molecule is COC(OC)(OC)[SiH2][Si](C)(O[Si](C)(C)C)[SiH2]C(OC)(OC)OC. The normalized spacial score (nSPS) is 17.5. The molecule has 0 rings (SSSR count). The van der Waals surface area contributed by atoms with Crippen molar-refractivity contribution >= 4 is 33.7 Å². The van der Waals surface area contributed by atoms with Crippen LogP contribution in [0.25, 0.3) is 0 Å². The van der Waals surface area contributed by atoms with Gasteiger partial charge in [-0.2, -0.15) is 0 Å². The molecule has 0 atom stereocenters. The van der Waals surface area contributed by atoms with Crippen LogP contribution < -0.4 is 0 Å². The van der Waals surface area contributed by atoms with Gasteiger partial charge < -0.3 is 32.5 Å². The molecule has 0 fully saturated rings. The molecule has 0 aliphatic carbocycles. The number of hydrogen-bond donors (Lipinski definition) is 0. The molecule has 0 saturated carbocycles. The summed E-state index contributed by atoms with van der Waals surface area (Å²) in [6.45, 7) is 8.76. The van der Waals surface area contributed by atoms with Crippen LogP contribution in [-0.2, 0) is 32.5 Å². The molecule has 0 aromatic rings. The summed E-state index contributed by atoms with van der Waals surface area (Å²) < 4.78 is 40.0. The molecule has 0 bridgehead atoms. The summed E-state index contributed by atoms with van der Waals surface area (Å²) in [7, 11) is 3.54. The fourth-order valence-corrected chi connectivity index (χ4v) is 36.2. The maximum absolute atomic E-state index is 6.67. The van der Waals surface area contributed by atoms with Crippen molar-refractivity contribution in [2.24, 2.45) is 0 Å². The molecule has 0 aliphatic rings. The highest BCUT2D eigenvalue weighted by Gasteiger charge is 2.51. The van der Waals surface area contributed by atoms with Crippen LogP contribution in [0.2, 0.25) is 26.2 Å². The highest BCUT2D eigenvalue weighted by atomic mass is 29.6. The molecule has 0 aliphatic heterocycles. The van der Waals surface area contributed by atoms with Gasteiger partial charge in [0.1, 0.15) is 0 Å². The quantitative estimate of drug-likeness (QED) is 0.332. The number of methoxy groups -OCH3 is 6. The predicted octanol–water partition coefficient (Wildman–Crippen LogP) is -0.155. The molecule has 0 aromatic heterocycles. The van der Waals surface area contributed by atoms with Gasteiger partial charge in [0.25, 0.3) is 0 Å². The number of ether oxygens (including phenoxy) is 6. The summed E-state index contributed by atoms with van der Waals surface area (Å²) in [5.74, 6) is 0. The lowest BCUT2D eigenvalue weighted by Crippen LogP contribution is -2.68. The third-order valence-corrected chi connectivity index (χ3v) is 26.3. The van der Waals surface area contributed by atoms with Gasteiger partial charge in [-0.1, -0.05) is 6.55 Å². The molecule has 7 nitrogen and oxygen atoms in total. The molecule has 0 saturated heterocycles. The zero-order valence-corrected chi connectivity index (χ0v) is 21.1. The minimum absolute atomic E-state index is 0.991. The highest BCUT2D eigenvalue weighted by Crippen LogP contribution is 2.24. The standard InChI is InChI=1S/C12H34O7Si4/c1-13-11(14-2,15-3)20-23(10,19-22(7,8)9)21-12(16-4,17-5)18-6/h20-21H2,1-10H3. The van der Waals surface area contributed by atoms with E-state index >= 15 is 0 Å². The van der Waals surface area contributed by atoms with E-state index in [-0.39, 0.29) is 0 Å². The first-order chi connectivity index (χ1) is 10.5. The molecule has 0 aromatic carbocycles. The van der Waals surface area contributed by atoms with Crippen LogP contribution in [0.1, 0.15) is 0 Å². The molecule has 0 unspecified atom stereocenters. The Kier molecular flexibility index (Phi) is 9.57. The van der Waals surface area contributed by atoms with Crippen molar-refractivity contribution in [2.75, 3.05) is 42.7 Å². The van der Waals surface area contributed by atoms with Crippen LogP contribution >= 0.6 is 0 Å². The smallest absolute Gasteiger partial charge is 0.248 e. The van der Waals surface area contributed by atoms with E-state index in [2.05, 4.69) is 26.2 Å². The number of rotatable bonds is 12. The fraction of sp³-hybridized carbons (Fsp3) is 1.00. The Hall–Kier alpha value is 0.588. The van der Waals surface area contributed by atoms with E-state index in [0.29, 0.717) is 0 Å². The third-order valence-electron chi connectivity index (χ3n) is 3.60. The Labute approximate surface area is 146 Å². The van der Waals surface area contributed by atoms with Crippen molar-refractivity contribution in [1.29, 1.82) is 0 Å². The van der Waals surface area contributed by atoms with E-state index in [1.165, 1.54) is 0 Å². The van der Waals surface area contributed by atoms with Crippen molar-refractivity contribution in [3.8, 4) is 0 Å². The second-order valence-corrected chi connectivity index (χ2v) is 31.1. The fourth-order valence-electron chi connectivity index (χ4n) is 2.72. The van der Waals surface area contributed by atoms with Gasteiger partial charge in [0.2, 0.25) is 11.2 Å². The summed E-state index contributed by atoms with van der Waals surface area (Å²) in [4.78, 5) is 0. The highest BCUT2D eigenvalue weighted by molar-refractivity contribution is 7.49. The minimum Gasteiger partial charge on any atom is -0.460 e. The third kappa shape index (κ3) is 7.15. The summed E-state index contributed by atoms with van der Waals surface area (Å²) in [6, 6.07) is 0. The van der Waals surface area contributed by atoms with Gasteiger partial charge in [-0.05, 0) is 19.6 Å². The van der Waals surface area contributed by atoms with Crippen LogP contribution in [-0.4, -0.2) is 87.6 Å². The zero-order valence-electron chi connectivity index (χ0n) is 16.3. The van der Waals surface area contributed by atoms with Gasteiger partial charge >= 0.3 is 0 Å². The molecule has 0 N–H and O–H groups in total. The van der Waals surface area contributed by atoms with E-state index in [4.69, 9.17) is 32.5 Å². The lowest BCUT2D eigenvalue weighted by atomic mass is 11.1. The van der Waals surface area contributed by atoms with Crippen LogP contribution in [0.15, 0.2) is 0 Å². The number of hydrogen-bond acceptors (Lipinski definition) is 7. The predicted molar refractivity (Wildman–Crippen MR) is 101 cm³/mol. The molecule has 0 spiro atoms. The van der Waals surface area contributed by atoms with Gasteiger partial charge in [-0.3, -0.25) is 0 Å². The Morgan fingerprint density at radius 2 is 0.826 bits per heavy atom. The Balaban J connectivity index is 5.65. The largest absolute Gasteiger partial charge is 0.460 e. The average molecular weight is 403 g/mol. The van der Waals surface area contributed by atoms with Crippen molar-refractivity contribution in [1.82, 2.24) is 0 Å². The lowest BCUT2D eigenvalue weighted by molar-refractivity contribution is -0.294. The molecule has 0 heterocycles. The van der Waals surface area contributed by atoms with Crippen molar-refractivity contribution in [3.63, 3.8) is 0 Å². The molecule has 140 valence electrons. The van der Waals surface area contributed by atoms with Gasteiger partial charge in [0, 0.05) is 42.7 Å². The molecule has 0 radical (unpaired) electrons. The zero-order chi connectivity index (χ0) is 18.4. The lowest BCUT2D eigenvalue weighted by Gasteiger charge is -2.43. The van der Waals surface area contributed by atoms with E-state index in [1.54, 1.807) is 42.7 Å². The monoisotopic (exact) mass is 402 g/mol. The Morgan fingerprint density at radius 1 is 0.565 bits per heavy atom. The van der Waals surface area contributed by atoms with E-state index in [9.17, 15) is 0 Å². The van der Waals surface area contributed by atoms with Crippen molar-refractivity contribution in [3.05, 3.63) is 0 Å². The van der Waals surface area contributed by atoms with Gasteiger partial charge in [0.05, 0.1) is 0 Å². The molecule has 23 heavy (non-hydrogen) atoms. The topological polar surface area (TPSA) is 64.6 Å². The minimum atomic E-state index is -2.19. The maximum Gasteiger partial charge on any atom is 0.248 e. The van der Waals surface area contributed by atoms with E-state index < -0.39 is 44.9 Å². The van der Waals surface area contributed by atoms with Crippen LogP contribution in [0.5, 0.6) is 0 Å². The van der Waals surface area contributed by atoms with Gasteiger partial charge in [-0.25, -0.2) is 0 Å². The summed E-state index contributed by atoms with van der Waals surface area (Å²) in [6.07, 6.45) is 0. The van der Waals surface area contributed by atoms with Crippen molar-refractivity contribution in [2.45, 2.75) is 37.4 Å².